The Kier molecular flexibility index (Phi) is 3.28. The van der Waals surface area contributed by atoms with Crippen molar-refractivity contribution < 1.29 is 14.5 Å². The van der Waals surface area contributed by atoms with Gasteiger partial charge in [-0.2, -0.15) is 0 Å². The highest BCUT2D eigenvalue weighted by Crippen LogP contribution is 2.22. The van der Waals surface area contributed by atoms with Crippen LogP contribution in [0.15, 0.2) is 42.7 Å². The monoisotopic (exact) mass is 242 g/mol. The first kappa shape index (κ1) is 12.1. The second-order valence-corrected chi connectivity index (χ2v) is 4.10. The van der Waals surface area contributed by atoms with Crippen LogP contribution in [0.25, 0.3) is 21.8 Å². The molecule has 1 aromatic carbocycles. The number of aliphatic carboxylic acids is 1. The quantitative estimate of drug-likeness (QED) is 0.595. The Morgan fingerprint density at radius 3 is 2.50 bits per heavy atom. The molecule has 0 atom stereocenters. The Bertz CT molecular complexity index is 697. The van der Waals surface area contributed by atoms with Gasteiger partial charge in [0.25, 0.3) is 0 Å². The lowest BCUT2D eigenvalue weighted by Gasteiger charge is -1.88. The minimum atomic E-state index is -1.08. The van der Waals surface area contributed by atoms with Crippen molar-refractivity contribution in [1.82, 2.24) is 4.98 Å². The second kappa shape index (κ2) is 4.87. The number of aromatic nitrogens is 2. The van der Waals surface area contributed by atoms with Crippen LogP contribution in [0.4, 0.5) is 0 Å². The van der Waals surface area contributed by atoms with Crippen molar-refractivity contribution in [3.63, 3.8) is 0 Å². The van der Waals surface area contributed by atoms with E-state index in [9.17, 15) is 0 Å². The van der Waals surface area contributed by atoms with Gasteiger partial charge in [-0.1, -0.05) is 18.2 Å². The van der Waals surface area contributed by atoms with E-state index in [0.29, 0.717) is 0 Å². The summed E-state index contributed by atoms with van der Waals surface area (Å²) in [5, 5.41) is 11.5. The number of para-hydroxylation sites is 1. The third-order valence-corrected chi connectivity index (χ3v) is 2.59. The molecule has 0 unspecified atom stereocenters. The van der Waals surface area contributed by atoms with E-state index >= 15 is 0 Å². The van der Waals surface area contributed by atoms with Gasteiger partial charge in [0, 0.05) is 22.9 Å². The summed E-state index contributed by atoms with van der Waals surface area (Å²) in [6.45, 7) is 0.972. The van der Waals surface area contributed by atoms with Crippen LogP contribution in [0.3, 0.4) is 0 Å². The van der Waals surface area contributed by atoms with Crippen LogP contribution in [-0.2, 0) is 11.8 Å². The molecular weight excluding hydrogens is 228 g/mol. The standard InChI is InChI=1S/C12H10N2.C2H4O2/c1-14-7-6-12-10(8-14)9-4-2-3-5-11(9)13-12;1-2(3)4/h2-8H,1H3;1H3,(H,3,4). The average molecular weight is 242 g/mol. The van der Waals surface area contributed by atoms with Crippen molar-refractivity contribution in [2.75, 3.05) is 0 Å². The Hall–Kier alpha value is -2.36. The Morgan fingerprint density at radius 2 is 1.78 bits per heavy atom. The van der Waals surface area contributed by atoms with E-state index in [1.807, 2.05) is 7.05 Å². The zero-order valence-corrected chi connectivity index (χ0v) is 10.3. The van der Waals surface area contributed by atoms with Crippen LogP contribution >= 0.6 is 0 Å². The van der Waals surface area contributed by atoms with Gasteiger partial charge in [-0.25, -0.2) is 4.57 Å². The van der Waals surface area contributed by atoms with E-state index < -0.39 is 5.97 Å². The number of fused-ring (bicyclic) bond motifs is 3. The van der Waals surface area contributed by atoms with E-state index in [1.165, 1.54) is 21.8 Å². The summed E-state index contributed by atoms with van der Waals surface area (Å²) in [6.07, 6.45) is 4.20. The number of carboxylic acids is 1. The summed E-state index contributed by atoms with van der Waals surface area (Å²) in [6, 6.07) is 10.5. The highest BCUT2D eigenvalue weighted by Gasteiger charge is 2.05. The number of pyridine rings is 1. The molecule has 0 aliphatic rings. The smallest absolute Gasteiger partial charge is 0.178 e. The van der Waals surface area contributed by atoms with Gasteiger partial charge in [-0.15, -0.1) is 0 Å². The minimum Gasteiger partial charge on any atom is -0.550 e. The van der Waals surface area contributed by atoms with E-state index in [-0.39, 0.29) is 0 Å². The Balaban J connectivity index is 0.000000267. The highest BCUT2D eigenvalue weighted by molar-refractivity contribution is 6.06. The second-order valence-electron chi connectivity index (χ2n) is 4.10. The number of nitrogens with one attached hydrogen (secondary N) is 1. The predicted octanol–water partition coefficient (Wildman–Crippen LogP) is 0.902. The average Bonchev–Trinajstić information content (AvgIpc) is 2.66. The molecule has 0 spiro atoms. The normalized spacial score (nSPS) is 10.1. The lowest BCUT2D eigenvalue weighted by atomic mass is 10.2. The highest BCUT2D eigenvalue weighted by atomic mass is 16.4. The zero-order chi connectivity index (χ0) is 13.1. The number of carbonyl (C=O) groups is 1. The molecular formula is C14H14N2O2. The summed E-state index contributed by atoms with van der Waals surface area (Å²) in [4.78, 5) is 12.3. The number of hydrogen-bond donors (Lipinski definition) is 1. The molecule has 3 aromatic rings. The number of carbonyl (C=O) groups excluding carboxylic acids is 1. The lowest BCUT2D eigenvalue weighted by Crippen LogP contribution is -2.25. The van der Waals surface area contributed by atoms with Gasteiger partial charge in [-0.3, -0.25) is 0 Å². The molecule has 3 rings (SSSR count). The molecule has 2 heterocycles. The molecule has 92 valence electrons. The first-order valence-corrected chi connectivity index (χ1v) is 5.61. The maximum atomic E-state index is 8.89. The van der Waals surface area contributed by atoms with Crippen LogP contribution in [0.2, 0.25) is 0 Å². The SMILES string of the molecule is CC(=O)[O-].C[n+]1ccc2[nH]c3ccccc3c2c1. The fraction of sp³-hybridized carbons (Fsp3) is 0.143. The van der Waals surface area contributed by atoms with Crippen LogP contribution in [0, 0.1) is 0 Å². The van der Waals surface area contributed by atoms with Gasteiger partial charge in [0.05, 0.1) is 10.9 Å². The zero-order valence-electron chi connectivity index (χ0n) is 10.3. The Morgan fingerprint density at radius 1 is 1.17 bits per heavy atom. The number of nitrogens with zero attached hydrogens (tertiary/aromatic N) is 1. The van der Waals surface area contributed by atoms with Crippen molar-refractivity contribution in [3.8, 4) is 0 Å². The predicted molar refractivity (Wildman–Crippen MR) is 67.7 cm³/mol. The van der Waals surface area contributed by atoms with Crippen molar-refractivity contribution >= 4 is 27.8 Å². The summed E-state index contributed by atoms with van der Waals surface area (Å²) in [5.74, 6) is -1.08. The molecule has 0 aliphatic heterocycles. The van der Waals surface area contributed by atoms with Gasteiger partial charge >= 0.3 is 0 Å². The lowest BCUT2D eigenvalue weighted by molar-refractivity contribution is -0.670. The maximum Gasteiger partial charge on any atom is 0.178 e. The number of hydrogen-bond acceptors (Lipinski definition) is 2. The number of H-pyrrole nitrogens is 1. The number of aryl methyl sites for hydroxylation is 1. The topological polar surface area (TPSA) is 59.8 Å². The van der Waals surface area contributed by atoms with Crippen molar-refractivity contribution in [2.24, 2.45) is 7.05 Å². The summed E-state index contributed by atoms with van der Waals surface area (Å²) >= 11 is 0. The molecule has 18 heavy (non-hydrogen) atoms. The van der Waals surface area contributed by atoms with Crippen molar-refractivity contribution in [1.29, 1.82) is 0 Å². The molecule has 0 saturated carbocycles. The first-order chi connectivity index (χ1) is 8.58. The maximum absolute atomic E-state index is 8.89. The number of benzene rings is 1. The van der Waals surface area contributed by atoms with Crippen LogP contribution in [-0.4, -0.2) is 11.0 Å². The summed E-state index contributed by atoms with van der Waals surface area (Å²) in [7, 11) is 2.04. The van der Waals surface area contributed by atoms with Gasteiger partial charge in [0.1, 0.15) is 7.05 Å². The van der Waals surface area contributed by atoms with Gasteiger partial charge in [0.2, 0.25) is 0 Å². The largest absolute Gasteiger partial charge is 0.550 e. The molecule has 0 aliphatic carbocycles. The number of carboxylic acid groups (broad SMARTS) is 1. The van der Waals surface area contributed by atoms with Crippen LogP contribution in [0.5, 0.6) is 0 Å². The van der Waals surface area contributed by atoms with Gasteiger partial charge in [-0.05, 0) is 13.0 Å². The van der Waals surface area contributed by atoms with E-state index in [2.05, 4.69) is 52.3 Å². The molecule has 0 radical (unpaired) electrons. The molecule has 0 bridgehead atoms. The van der Waals surface area contributed by atoms with E-state index in [4.69, 9.17) is 9.90 Å². The van der Waals surface area contributed by atoms with Crippen LogP contribution in [0.1, 0.15) is 6.92 Å². The summed E-state index contributed by atoms with van der Waals surface area (Å²) in [5.41, 5.74) is 2.40. The fourth-order valence-corrected chi connectivity index (χ4v) is 1.89. The van der Waals surface area contributed by atoms with Gasteiger partial charge in [0.15, 0.2) is 12.4 Å². The van der Waals surface area contributed by atoms with Crippen molar-refractivity contribution in [2.45, 2.75) is 6.92 Å². The molecule has 4 heteroatoms. The number of aromatic amines is 1. The molecule has 0 amide bonds. The molecule has 0 fully saturated rings. The first-order valence-electron chi connectivity index (χ1n) is 5.61. The third kappa shape index (κ3) is 2.48. The number of rotatable bonds is 0. The van der Waals surface area contributed by atoms with Crippen molar-refractivity contribution in [3.05, 3.63) is 42.7 Å². The third-order valence-electron chi connectivity index (χ3n) is 2.59. The minimum absolute atomic E-state index is 0.972. The molecule has 4 nitrogen and oxygen atoms in total. The molecule has 1 N–H and O–H groups in total. The van der Waals surface area contributed by atoms with Gasteiger partial charge < -0.3 is 14.9 Å². The Labute approximate surface area is 104 Å². The fourth-order valence-electron chi connectivity index (χ4n) is 1.89. The molecule has 0 saturated heterocycles. The summed E-state index contributed by atoms with van der Waals surface area (Å²) < 4.78 is 2.07. The van der Waals surface area contributed by atoms with E-state index in [1.54, 1.807) is 0 Å². The molecule has 2 aromatic heterocycles. The van der Waals surface area contributed by atoms with Crippen LogP contribution < -0.4 is 9.67 Å². The van der Waals surface area contributed by atoms with E-state index in [0.717, 1.165) is 6.92 Å².